The maximum absolute atomic E-state index is 12.0. The summed E-state index contributed by atoms with van der Waals surface area (Å²) in [7, 11) is 0. The lowest BCUT2D eigenvalue weighted by Gasteiger charge is -2.01. The first kappa shape index (κ1) is 16.3. The SMILES string of the molecule is Cc1ccc(-c2nnn(CC(=O)OCc3nc4ccccc4s3)n2)cc1. The largest absolute Gasteiger partial charge is 0.457 e. The molecule has 2 aromatic carbocycles. The van der Waals surface area contributed by atoms with Gasteiger partial charge in [-0.3, -0.25) is 0 Å². The van der Waals surface area contributed by atoms with Crippen molar-refractivity contribution >= 4 is 27.5 Å². The number of tetrazole rings is 1. The van der Waals surface area contributed by atoms with Crippen LogP contribution in [0.3, 0.4) is 0 Å². The molecule has 2 heterocycles. The topological polar surface area (TPSA) is 82.8 Å². The highest BCUT2D eigenvalue weighted by molar-refractivity contribution is 7.18. The lowest BCUT2D eigenvalue weighted by atomic mass is 10.1. The smallest absolute Gasteiger partial charge is 0.330 e. The average molecular weight is 365 g/mol. The van der Waals surface area contributed by atoms with E-state index in [1.807, 2.05) is 55.5 Å². The first-order valence-electron chi connectivity index (χ1n) is 8.02. The highest BCUT2D eigenvalue weighted by atomic mass is 32.1. The van der Waals surface area contributed by atoms with Crippen LogP contribution in [0.15, 0.2) is 48.5 Å². The highest BCUT2D eigenvalue weighted by Gasteiger charge is 2.11. The lowest BCUT2D eigenvalue weighted by Crippen LogP contribution is -2.15. The van der Waals surface area contributed by atoms with E-state index in [9.17, 15) is 4.79 Å². The summed E-state index contributed by atoms with van der Waals surface area (Å²) in [5.41, 5.74) is 2.91. The molecule has 0 bridgehead atoms. The second-order valence-electron chi connectivity index (χ2n) is 5.75. The summed E-state index contributed by atoms with van der Waals surface area (Å²) >= 11 is 1.51. The van der Waals surface area contributed by atoms with E-state index in [1.165, 1.54) is 16.1 Å². The lowest BCUT2D eigenvalue weighted by molar-refractivity contribution is -0.146. The number of carbonyl (C=O) groups excluding carboxylic acids is 1. The van der Waals surface area contributed by atoms with Crippen LogP contribution >= 0.6 is 11.3 Å². The minimum atomic E-state index is -0.433. The van der Waals surface area contributed by atoms with Crippen molar-refractivity contribution < 1.29 is 9.53 Å². The van der Waals surface area contributed by atoms with Gasteiger partial charge in [0.1, 0.15) is 11.6 Å². The number of hydrogen-bond acceptors (Lipinski definition) is 7. The third kappa shape index (κ3) is 3.60. The van der Waals surface area contributed by atoms with Gasteiger partial charge in [0.25, 0.3) is 0 Å². The van der Waals surface area contributed by atoms with Crippen LogP contribution in [0.2, 0.25) is 0 Å². The van der Waals surface area contributed by atoms with Crippen molar-refractivity contribution in [1.29, 1.82) is 0 Å². The summed E-state index contributed by atoms with van der Waals surface area (Å²) < 4.78 is 6.34. The summed E-state index contributed by atoms with van der Waals surface area (Å²) in [6, 6.07) is 15.6. The molecule has 7 nitrogen and oxygen atoms in total. The molecule has 26 heavy (non-hydrogen) atoms. The summed E-state index contributed by atoms with van der Waals surface area (Å²) in [4.78, 5) is 17.7. The fraction of sp³-hybridized carbons (Fsp3) is 0.167. The van der Waals surface area contributed by atoms with Crippen LogP contribution in [-0.4, -0.2) is 31.2 Å². The highest BCUT2D eigenvalue weighted by Crippen LogP contribution is 2.22. The van der Waals surface area contributed by atoms with Crippen LogP contribution in [0.4, 0.5) is 0 Å². The minimum Gasteiger partial charge on any atom is -0.457 e. The number of aryl methyl sites for hydroxylation is 1. The molecule has 0 saturated heterocycles. The van der Waals surface area contributed by atoms with Gasteiger partial charge in [0.15, 0.2) is 6.54 Å². The molecule has 0 atom stereocenters. The van der Waals surface area contributed by atoms with E-state index in [0.29, 0.717) is 5.82 Å². The molecule has 0 radical (unpaired) electrons. The van der Waals surface area contributed by atoms with Gasteiger partial charge < -0.3 is 4.74 Å². The Kier molecular flexibility index (Phi) is 4.40. The Balaban J connectivity index is 1.36. The molecule has 0 aliphatic carbocycles. The summed E-state index contributed by atoms with van der Waals surface area (Å²) in [5, 5.41) is 12.9. The number of esters is 1. The molecule has 0 amide bonds. The Bertz CT molecular complexity index is 1020. The van der Waals surface area contributed by atoms with Crippen molar-refractivity contribution in [2.24, 2.45) is 0 Å². The molecular formula is C18H15N5O2S. The molecule has 0 unspecified atom stereocenters. The van der Waals surface area contributed by atoms with Gasteiger partial charge in [0.05, 0.1) is 10.2 Å². The van der Waals surface area contributed by atoms with E-state index < -0.39 is 5.97 Å². The number of fused-ring (bicyclic) bond motifs is 1. The second-order valence-corrected chi connectivity index (χ2v) is 6.86. The van der Waals surface area contributed by atoms with Crippen LogP contribution in [0.5, 0.6) is 0 Å². The molecule has 0 aliphatic heterocycles. The molecule has 2 aromatic heterocycles. The molecule has 0 fully saturated rings. The Morgan fingerprint density at radius 1 is 1.15 bits per heavy atom. The maximum Gasteiger partial charge on any atom is 0.330 e. The molecule has 0 aliphatic rings. The number of aromatic nitrogens is 5. The molecule has 0 N–H and O–H groups in total. The third-order valence-electron chi connectivity index (χ3n) is 3.73. The van der Waals surface area contributed by atoms with Crippen LogP contribution in [-0.2, 0) is 22.7 Å². The van der Waals surface area contributed by atoms with Gasteiger partial charge in [0.2, 0.25) is 5.82 Å². The van der Waals surface area contributed by atoms with Crippen LogP contribution < -0.4 is 0 Å². The Hall–Kier alpha value is -3.13. The van der Waals surface area contributed by atoms with Crippen LogP contribution in [0.1, 0.15) is 10.6 Å². The van der Waals surface area contributed by atoms with Gasteiger partial charge in [-0.05, 0) is 24.3 Å². The summed E-state index contributed by atoms with van der Waals surface area (Å²) in [6.45, 7) is 2.05. The Morgan fingerprint density at radius 2 is 1.96 bits per heavy atom. The number of ether oxygens (including phenoxy) is 1. The normalized spacial score (nSPS) is 11.0. The first-order chi connectivity index (χ1) is 12.7. The zero-order chi connectivity index (χ0) is 17.9. The molecule has 0 spiro atoms. The summed E-state index contributed by atoms with van der Waals surface area (Å²) in [6.07, 6.45) is 0. The minimum absolute atomic E-state index is 0.0935. The quantitative estimate of drug-likeness (QED) is 0.506. The monoisotopic (exact) mass is 365 g/mol. The van der Waals surface area contributed by atoms with Crippen molar-refractivity contribution in [1.82, 2.24) is 25.2 Å². The molecule has 8 heteroatoms. The fourth-order valence-electron chi connectivity index (χ4n) is 2.41. The van der Waals surface area contributed by atoms with E-state index in [-0.39, 0.29) is 13.2 Å². The number of para-hydroxylation sites is 1. The second kappa shape index (κ2) is 7.01. The van der Waals surface area contributed by atoms with Crippen molar-refractivity contribution in [2.45, 2.75) is 20.1 Å². The number of nitrogens with zero attached hydrogens (tertiary/aromatic N) is 5. The number of hydrogen-bond donors (Lipinski definition) is 0. The average Bonchev–Trinajstić information content (AvgIpc) is 3.27. The number of carbonyl (C=O) groups is 1. The van der Waals surface area contributed by atoms with Crippen LogP contribution in [0.25, 0.3) is 21.6 Å². The van der Waals surface area contributed by atoms with E-state index in [1.54, 1.807) is 0 Å². The van der Waals surface area contributed by atoms with Crippen molar-refractivity contribution in [2.75, 3.05) is 0 Å². The predicted molar refractivity (Wildman–Crippen MR) is 97.4 cm³/mol. The predicted octanol–water partition coefficient (Wildman–Crippen LogP) is 3.00. The number of benzene rings is 2. The van der Waals surface area contributed by atoms with Crippen LogP contribution in [0, 0.1) is 6.92 Å². The van der Waals surface area contributed by atoms with Gasteiger partial charge in [-0.2, -0.15) is 4.80 Å². The third-order valence-corrected chi connectivity index (χ3v) is 4.74. The van der Waals surface area contributed by atoms with Crippen molar-refractivity contribution in [3.05, 3.63) is 59.1 Å². The van der Waals surface area contributed by atoms with E-state index in [2.05, 4.69) is 20.4 Å². The van der Waals surface area contributed by atoms with Gasteiger partial charge in [-0.15, -0.1) is 21.5 Å². The van der Waals surface area contributed by atoms with E-state index in [4.69, 9.17) is 4.74 Å². The van der Waals surface area contributed by atoms with Gasteiger partial charge in [0, 0.05) is 5.56 Å². The zero-order valence-electron chi connectivity index (χ0n) is 14.0. The number of rotatable bonds is 5. The summed E-state index contributed by atoms with van der Waals surface area (Å²) in [5.74, 6) is 0.0427. The molecule has 0 saturated carbocycles. The number of thiazole rings is 1. The van der Waals surface area contributed by atoms with Gasteiger partial charge in [-0.25, -0.2) is 9.78 Å². The van der Waals surface area contributed by atoms with Gasteiger partial charge in [-0.1, -0.05) is 42.0 Å². The Labute approximate surface area is 153 Å². The first-order valence-corrected chi connectivity index (χ1v) is 8.84. The van der Waals surface area contributed by atoms with Crippen molar-refractivity contribution in [3.63, 3.8) is 0 Å². The standard InChI is InChI=1S/C18H15N5O2S/c1-12-6-8-13(9-7-12)18-20-22-23(21-18)10-17(24)25-11-16-19-14-4-2-3-5-15(14)26-16/h2-9H,10-11H2,1H3. The molecular weight excluding hydrogens is 350 g/mol. The molecule has 4 aromatic rings. The van der Waals surface area contributed by atoms with Gasteiger partial charge >= 0.3 is 5.97 Å². The zero-order valence-corrected chi connectivity index (χ0v) is 14.8. The maximum atomic E-state index is 12.0. The van der Waals surface area contributed by atoms with Crippen molar-refractivity contribution in [3.8, 4) is 11.4 Å². The van der Waals surface area contributed by atoms with E-state index in [0.717, 1.165) is 26.4 Å². The Morgan fingerprint density at radius 3 is 2.77 bits per heavy atom. The molecule has 4 rings (SSSR count). The fourth-order valence-corrected chi connectivity index (χ4v) is 3.29. The molecule has 130 valence electrons. The van der Waals surface area contributed by atoms with E-state index >= 15 is 0 Å².